The molecule has 36 heavy (non-hydrogen) atoms. The summed E-state index contributed by atoms with van der Waals surface area (Å²) in [6.45, 7) is 4.35. The van der Waals surface area contributed by atoms with E-state index in [1.165, 1.54) is 24.8 Å². The van der Waals surface area contributed by atoms with E-state index in [4.69, 9.17) is 4.18 Å². The van der Waals surface area contributed by atoms with Gasteiger partial charge >= 0.3 is 10.3 Å². The summed E-state index contributed by atoms with van der Waals surface area (Å²) in [4.78, 5) is 24.9. The number of Topliss-reactive ketones (excluding diaryl/α,β-unsaturated/α-hetero) is 1. The molecule has 0 aromatic heterocycles. The Hall–Kier alpha value is -1.89. The maximum absolute atomic E-state index is 12.8. The minimum absolute atomic E-state index is 0.108. The van der Waals surface area contributed by atoms with Gasteiger partial charge in [0.2, 0.25) is 5.91 Å². The number of amides is 1. The molecule has 1 aromatic carbocycles. The molecule has 0 bridgehead atoms. The Labute approximate surface area is 217 Å². The van der Waals surface area contributed by atoms with Gasteiger partial charge in [-0.05, 0) is 86.0 Å². The van der Waals surface area contributed by atoms with Gasteiger partial charge in [0.15, 0.2) is 0 Å². The van der Waals surface area contributed by atoms with Gasteiger partial charge in [0, 0.05) is 18.3 Å². The van der Waals surface area contributed by atoms with Crippen molar-refractivity contribution < 1.29 is 22.2 Å². The maximum Gasteiger partial charge on any atom is 0.409 e. The van der Waals surface area contributed by atoms with Gasteiger partial charge in [0.25, 0.3) is 0 Å². The van der Waals surface area contributed by atoms with Crippen molar-refractivity contribution in [2.75, 3.05) is 0 Å². The van der Waals surface area contributed by atoms with E-state index in [2.05, 4.69) is 18.6 Å². The highest BCUT2D eigenvalue weighted by atomic mass is 32.2. The number of rotatable bonds is 12. The molecular weight excluding hydrogens is 474 g/mol. The molecule has 4 atom stereocenters. The maximum atomic E-state index is 12.8. The number of aryl methyl sites for hydroxylation is 1. The third kappa shape index (κ3) is 5.81. The molecule has 2 saturated carbocycles. The van der Waals surface area contributed by atoms with Gasteiger partial charge in [-0.25, -0.2) is 4.72 Å². The van der Waals surface area contributed by atoms with E-state index in [1.54, 1.807) is 6.07 Å². The monoisotopic (exact) mass is 517 g/mol. The molecule has 4 rings (SSSR count). The second-order valence-electron chi connectivity index (χ2n) is 11.2. The number of hydrogen-bond donors (Lipinski definition) is 1. The molecule has 6 nitrogen and oxygen atoms in total. The Morgan fingerprint density at radius 3 is 2.53 bits per heavy atom. The van der Waals surface area contributed by atoms with E-state index in [-0.39, 0.29) is 17.6 Å². The Kier molecular flexibility index (Phi) is 8.79. The first-order valence-corrected chi connectivity index (χ1v) is 15.6. The smallest absolute Gasteiger partial charge is 0.367 e. The highest BCUT2D eigenvalue weighted by Gasteiger charge is 2.56. The number of carbonyl (C=O) groups is 2. The Morgan fingerprint density at radius 2 is 1.78 bits per heavy atom. The second kappa shape index (κ2) is 11.7. The molecule has 0 spiro atoms. The summed E-state index contributed by atoms with van der Waals surface area (Å²) in [5.74, 6) is 1.64. The van der Waals surface area contributed by atoms with Crippen LogP contribution in [0.3, 0.4) is 0 Å². The molecule has 200 valence electrons. The van der Waals surface area contributed by atoms with E-state index in [1.807, 2.05) is 12.1 Å². The number of unbranched alkanes of at least 4 members (excludes halogenated alkanes) is 6. The molecule has 3 aliphatic carbocycles. The van der Waals surface area contributed by atoms with Crippen LogP contribution in [-0.4, -0.2) is 20.1 Å². The molecule has 0 aliphatic heterocycles. The number of hydrogen-bond acceptors (Lipinski definition) is 5. The fourth-order valence-corrected chi connectivity index (χ4v) is 8.19. The Bertz CT molecular complexity index is 1050. The number of fused-ring (bicyclic) bond motifs is 5. The summed E-state index contributed by atoms with van der Waals surface area (Å²) in [5.41, 5.74) is 2.30. The zero-order valence-corrected chi connectivity index (χ0v) is 22.8. The van der Waals surface area contributed by atoms with Crippen LogP contribution in [0.5, 0.6) is 5.75 Å². The molecule has 1 amide bonds. The Morgan fingerprint density at radius 1 is 1.03 bits per heavy atom. The van der Waals surface area contributed by atoms with Gasteiger partial charge in [0.05, 0.1) is 0 Å². The Balaban J connectivity index is 1.32. The number of carbonyl (C=O) groups excluding carboxylic acids is 2. The lowest BCUT2D eigenvalue weighted by Gasteiger charge is -2.49. The van der Waals surface area contributed by atoms with Gasteiger partial charge in [-0.1, -0.05) is 58.4 Å². The number of ketones is 1. The molecule has 4 unspecified atom stereocenters. The molecular formula is C29H43NO5S. The van der Waals surface area contributed by atoms with Crippen LogP contribution in [0.4, 0.5) is 0 Å². The summed E-state index contributed by atoms with van der Waals surface area (Å²) < 4.78 is 32.2. The van der Waals surface area contributed by atoms with Crippen LogP contribution >= 0.6 is 0 Å². The van der Waals surface area contributed by atoms with Gasteiger partial charge in [-0.3, -0.25) is 9.59 Å². The quantitative estimate of drug-likeness (QED) is 0.325. The molecule has 1 aromatic rings. The zero-order chi connectivity index (χ0) is 25.8. The first-order chi connectivity index (χ1) is 17.3. The van der Waals surface area contributed by atoms with E-state index in [9.17, 15) is 18.0 Å². The first kappa shape index (κ1) is 27.2. The molecule has 0 radical (unpaired) electrons. The van der Waals surface area contributed by atoms with Crippen molar-refractivity contribution in [3.05, 3.63) is 29.3 Å². The number of nitrogens with one attached hydrogen (secondary N) is 1. The van der Waals surface area contributed by atoms with Crippen LogP contribution in [0.25, 0.3) is 0 Å². The van der Waals surface area contributed by atoms with Crippen molar-refractivity contribution in [2.24, 2.45) is 17.3 Å². The van der Waals surface area contributed by atoms with Gasteiger partial charge in [0.1, 0.15) is 11.5 Å². The highest BCUT2D eigenvalue weighted by Crippen LogP contribution is 2.61. The predicted octanol–water partition coefficient (Wildman–Crippen LogP) is 6.38. The minimum atomic E-state index is -4.20. The number of benzene rings is 1. The van der Waals surface area contributed by atoms with E-state index >= 15 is 0 Å². The van der Waals surface area contributed by atoms with Gasteiger partial charge < -0.3 is 4.18 Å². The van der Waals surface area contributed by atoms with Crippen LogP contribution < -0.4 is 8.91 Å². The van der Waals surface area contributed by atoms with Gasteiger partial charge in [-0.2, -0.15) is 8.42 Å². The third-order valence-corrected chi connectivity index (χ3v) is 10.1. The van der Waals surface area contributed by atoms with E-state index < -0.39 is 16.2 Å². The van der Waals surface area contributed by atoms with Crippen molar-refractivity contribution in [3.8, 4) is 5.75 Å². The SMILES string of the molecule is CCCCCCCCCC(=O)NS(=O)(=O)Oc1ccc2c(c1)CCC1C2CCC2(CC)C(=O)CCC12. The summed E-state index contributed by atoms with van der Waals surface area (Å²) >= 11 is 0. The first-order valence-electron chi connectivity index (χ1n) is 14.2. The summed E-state index contributed by atoms with van der Waals surface area (Å²) in [5, 5.41) is 0. The summed E-state index contributed by atoms with van der Waals surface area (Å²) in [6, 6.07) is 5.54. The lowest BCUT2D eigenvalue weighted by molar-refractivity contribution is -0.131. The lowest BCUT2D eigenvalue weighted by Crippen LogP contribution is -2.44. The lowest BCUT2D eigenvalue weighted by atomic mass is 9.54. The van der Waals surface area contributed by atoms with Crippen molar-refractivity contribution in [1.29, 1.82) is 0 Å². The van der Waals surface area contributed by atoms with Crippen molar-refractivity contribution in [2.45, 2.75) is 116 Å². The highest BCUT2D eigenvalue weighted by molar-refractivity contribution is 7.85. The summed E-state index contributed by atoms with van der Waals surface area (Å²) in [7, 11) is -4.20. The average molecular weight is 518 g/mol. The molecule has 2 fully saturated rings. The van der Waals surface area contributed by atoms with Crippen molar-refractivity contribution in [3.63, 3.8) is 0 Å². The zero-order valence-electron chi connectivity index (χ0n) is 22.0. The topological polar surface area (TPSA) is 89.5 Å². The van der Waals surface area contributed by atoms with Crippen LogP contribution in [0.2, 0.25) is 0 Å². The van der Waals surface area contributed by atoms with Crippen LogP contribution in [0.15, 0.2) is 18.2 Å². The second-order valence-corrected chi connectivity index (χ2v) is 12.5. The fraction of sp³-hybridized carbons (Fsp3) is 0.724. The predicted molar refractivity (Wildman–Crippen MR) is 141 cm³/mol. The van der Waals surface area contributed by atoms with Crippen LogP contribution in [0.1, 0.15) is 121 Å². The van der Waals surface area contributed by atoms with Crippen LogP contribution in [-0.2, 0) is 26.3 Å². The standard InChI is InChI=1S/C29H43NO5S/c1-3-5-6-7-8-9-10-11-28(32)30-36(33,34)35-22-13-15-23-21(20-22)12-14-25-24(23)18-19-29(4-2)26(25)16-17-27(29)31/h13,15,20,24-26H,3-12,14,16-19H2,1-2H3,(H,30,32). The molecule has 0 saturated heterocycles. The largest absolute Gasteiger partial charge is 0.409 e. The van der Waals surface area contributed by atoms with Crippen molar-refractivity contribution >= 4 is 22.0 Å². The summed E-state index contributed by atoms with van der Waals surface area (Å²) in [6.07, 6.45) is 14.2. The molecule has 7 heteroatoms. The van der Waals surface area contributed by atoms with E-state index in [0.29, 0.717) is 30.0 Å². The van der Waals surface area contributed by atoms with Crippen molar-refractivity contribution in [1.82, 2.24) is 4.72 Å². The third-order valence-electron chi connectivity index (χ3n) is 9.23. The van der Waals surface area contributed by atoms with Crippen LogP contribution in [0, 0.1) is 17.3 Å². The molecule has 0 heterocycles. The fourth-order valence-electron chi connectivity index (χ4n) is 7.41. The molecule has 1 N–H and O–H groups in total. The molecule has 3 aliphatic rings. The average Bonchev–Trinajstić information content (AvgIpc) is 3.19. The minimum Gasteiger partial charge on any atom is -0.367 e. The van der Waals surface area contributed by atoms with Gasteiger partial charge in [-0.15, -0.1) is 0 Å². The normalized spacial score (nSPS) is 27.2. The van der Waals surface area contributed by atoms with E-state index in [0.717, 1.165) is 69.8 Å².